The van der Waals surface area contributed by atoms with Gasteiger partial charge in [0.1, 0.15) is 6.61 Å². The first-order chi connectivity index (χ1) is 14.6. The zero-order valence-corrected chi connectivity index (χ0v) is 18.4. The predicted octanol–water partition coefficient (Wildman–Crippen LogP) is 1.04. The van der Waals surface area contributed by atoms with Gasteiger partial charge in [0.05, 0.1) is 25.2 Å². The van der Waals surface area contributed by atoms with E-state index in [4.69, 9.17) is 19.3 Å². The third kappa shape index (κ3) is 8.22. The molecule has 10 heteroatoms. The molecule has 0 aliphatic carbocycles. The predicted molar refractivity (Wildman–Crippen MR) is 108 cm³/mol. The van der Waals surface area contributed by atoms with Gasteiger partial charge in [-0.15, -0.1) is 0 Å². The van der Waals surface area contributed by atoms with Crippen LogP contribution in [0, 0.1) is 11.8 Å². The average molecular weight is 441 g/mol. The molecule has 1 aliphatic heterocycles. The second-order valence-electron chi connectivity index (χ2n) is 7.56. The molecule has 1 rings (SSSR count). The number of allylic oxidation sites excluding steroid dienone is 1. The van der Waals surface area contributed by atoms with E-state index < -0.39 is 41.8 Å². The Balaban J connectivity index is 2.83. The molecule has 10 nitrogen and oxygen atoms in total. The summed E-state index contributed by atoms with van der Waals surface area (Å²) in [7, 11) is 0. The highest BCUT2D eigenvalue weighted by Crippen LogP contribution is 2.24. The van der Waals surface area contributed by atoms with Crippen molar-refractivity contribution < 1.29 is 43.3 Å². The van der Waals surface area contributed by atoms with Crippen LogP contribution in [-0.2, 0) is 33.4 Å². The molecular formula is C21H31NO9. The molecule has 0 unspecified atom stereocenters. The van der Waals surface area contributed by atoms with Crippen molar-refractivity contribution in [3.63, 3.8) is 0 Å². The van der Waals surface area contributed by atoms with Crippen LogP contribution in [0.1, 0.15) is 40.5 Å². The fourth-order valence-corrected chi connectivity index (χ4v) is 2.98. The number of amides is 2. The maximum Gasteiger partial charge on any atom is 0.416 e. The Kier molecular flexibility index (Phi) is 11.1. The van der Waals surface area contributed by atoms with Gasteiger partial charge >= 0.3 is 12.1 Å². The van der Waals surface area contributed by atoms with Gasteiger partial charge in [0.2, 0.25) is 5.91 Å². The van der Waals surface area contributed by atoms with E-state index in [2.05, 4.69) is 0 Å². The van der Waals surface area contributed by atoms with Crippen LogP contribution in [-0.4, -0.2) is 78.1 Å². The Bertz CT molecular complexity index is 701. The molecule has 31 heavy (non-hydrogen) atoms. The number of carbonyl (C=O) groups excluding carboxylic acids is 5. The molecule has 2 amide bonds. The summed E-state index contributed by atoms with van der Waals surface area (Å²) in [5.74, 6) is -3.77. The van der Waals surface area contributed by atoms with E-state index in [1.165, 1.54) is 6.92 Å². The fraction of sp³-hybridized carbons (Fsp3) is 0.667. The Morgan fingerprint density at radius 3 is 2.45 bits per heavy atom. The number of imide groups is 1. The zero-order valence-electron chi connectivity index (χ0n) is 18.4. The van der Waals surface area contributed by atoms with Gasteiger partial charge in [-0.1, -0.05) is 13.8 Å². The smallest absolute Gasteiger partial charge is 0.416 e. The molecule has 174 valence electrons. The molecule has 0 aromatic heterocycles. The first-order valence-corrected chi connectivity index (χ1v) is 10.2. The molecule has 0 bridgehead atoms. The third-order valence-corrected chi connectivity index (χ3v) is 4.71. The van der Waals surface area contributed by atoms with Crippen molar-refractivity contribution in [2.45, 2.75) is 52.7 Å². The van der Waals surface area contributed by atoms with Crippen molar-refractivity contribution in [2.75, 3.05) is 26.4 Å². The molecule has 0 radical (unpaired) electrons. The number of ether oxygens (including phenoxy) is 3. The highest BCUT2D eigenvalue weighted by atomic mass is 16.6. The Labute approximate surface area is 181 Å². The van der Waals surface area contributed by atoms with Gasteiger partial charge in [-0.2, -0.15) is 0 Å². The lowest BCUT2D eigenvalue weighted by Gasteiger charge is -2.28. The van der Waals surface area contributed by atoms with E-state index >= 15 is 0 Å². The minimum absolute atomic E-state index is 0.0531. The van der Waals surface area contributed by atoms with E-state index in [0.717, 1.165) is 24.0 Å². The minimum Gasteiger partial charge on any atom is -0.453 e. The fourth-order valence-electron chi connectivity index (χ4n) is 2.98. The van der Waals surface area contributed by atoms with Crippen molar-refractivity contribution in [3.05, 3.63) is 12.2 Å². The van der Waals surface area contributed by atoms with Crippen molar-refractivity contribution in [1.29, 1.82) is 0 Å². The molecule has 0 saturated carbocycles. The maximum absolute atomic E-state index is 12.9. The van der Waals surface area contributed by atoms with Crippen LogP contribution in [0.5, 0.6) is 0 Å². The van der Waals surface area contributed by atoms with Crippen molar-refractivity contribution in [3.8, 4) is 0 Å². The molecule has 0 aromatic carbocycles. The lowest BCUT2D eigenvalue weighted by atomic mass is 9.96. The van der Waals surface area contributed by atoms with E-state index in [1.54, 1.807) is 0 Å². The number of cyclic esters (lactones) is 1. The number of hydrogen-bond donors (Lipinski definition) is 1. The Morgan fingerprint density at radius 2 is 1.87 bits per heavy atom. The van der Waals surface area contributed by atoms with Crippen LogP contribution in [0.15, 0.2) is 12.2 Å². The third-order valence-electron chi connectivity index (χ3n) is 4.71. The van der Waals surface area contributed by atoms with Crippen LogP contribution in [0.4, 0.5) is 4.79 Å². The highest BCUT2D eigenvalue weighted by Gasteiger charge is 2.44. The summed E-state index contributed by atoms with van der Waals surface area (Å²) in [6.45, 7) is 6.55. The van der Waals surface area contributed by atoms with Crippen molar-refractivity contribution >= 4 is 29.5 Å². The molecular weight excluding hydrogens is 410 g/mol. The molecule has 3 atom stereocenters. The van der Waals surface area contributed by atoms with Gasteiger partial charge in [0.25, 0.3) is 0 Å². The second-order valence-corrected chi connectivity index (χ2v) is 7.56. The van der Waals surface area contributed by atoms with Crippen molar-refractivity contribution in [2.24, 2.45) is 11.8 Å². The number of ketones is 2. The number of nitrogens with zero attached hydrogens (tertiary/aromatic N) is 1. The monoisotopic (exact) mass is 441 g/mol. The van der Waals surface area contributed by atoms with Crippen LogP contribution in [0.2, 0.25) is 0 Å². The Morgan fingerprint density at radius 1 is 1.19 bits per heavy atom. The SMILES string of the molecule is CC(=O)O[C@@H](C(=O)C=CC(=O)CCCOCCO)[C@@H](C)C(=O)N1C(=O)OC[C@H]1C(C)C. The minimum atomic E-state index is -1.48. The lowest BCUT2D eigenvalue weighted by Crippen LogP contribution is -2.48. The molecule has 1 fully saturated rings. The summed E-state index contributed by atoms with van der Waals surface area (Å²) in [6.07, 6.45) is 0.270. The van der Waals surface area contributed by atoms with Gasteiger partial charge in [0.15, 0.2) is 17.7 Å². The second kappa shape index (κ2) is 13.0. The quantitative estimate of drug-likeness (QED) is 0.252. The van der Waals surface area contributed by atoms with Crippen LogP contribution in [0.25, 0.3) is 0 Å². The lowest BCUT2D eigenvalue weighted by molar-refractivity contribution is -0.158. The largest absolute Gasteiger partial charge is 0.453 e. The van der Waals surface area contributed by atoms with E-state index in [9.17, 15) is 24.0 Å². The number of aliphatic hydroxyl groups is 1. The maximum atomic E-state index is 12.9. The van der Waals surface area contributed by atoms with Crippen LogP contribution in [0.3, 0.4) is 0 Å². The summed E-state index contributed by atoms with van der Waals surface area (Å²) in [4.78, 5) is 61.9. The summed E-state index contributed by atoms with van der Waals surface area (Å²) in [5.41, 5.74) is 0. The number of rotatable bonds is 13. The average Bonchev–Trinajstić information content (AvgIpc) is 3.10. The van der Waals surface area contributed by atoms with E-state index in [1.807, 2.05) is 13.8 Å². The van der Waals surface area contributed by atoms with E-state index in [-0.39, 0.29) is 37.9 Å². The summed E-state index contributed by atoms with van der Waals surface area (Å²) < 4.78 is 15.1. The topological polar surface area (TPSA) is 137 Å². The van der Waals surface area contributed by atoms with Gasteiger partial charge in [-0.25, -0.2) is 9.69 Å². The molecule has 1 heterocycles. The van der Waals surface area contributed by atoms with Gasteiger partial charge < -0.3 is 19.3 Å². The van der Waals surface area contributed by atoms with E-state index in [0.29, 0.717) is 13.0 Å². The Hall–Kier alpha value is -2.59. The molecule has 1 N–H and O–H groups in total. The first-order valence-electron chi connectivity index (χ1n) is 10.2. The summed E-state index contributed by atoms with van der Waals surface area (Å²) in [5, 5.41) is 8.61. The standard InChI is InChI=1S/C21H31NO9/c1-13(2)17-12-30-21(28)22(17)20(27)14(3)19(31-15(4)24)18(26)8-7-16(25)6-5-10-29-11-9-23/h7-8,13-14,17,19,23H,5-6,9-12H2,1-4H3/t14-,17+,19-/m1/s1. The summed E-state index contributed by atoms with van der Waals surface area (Å²) in [6, 6.07) is -0.485. The number of esters is 1. The van der Waals surface area contributed by atoms with Gasteiger partial charge in [-0.3, -0.25) is 19.2 Å². The molecule has 0 aromatic rings. The number of aliphatic hydroxyl groups excluding tert-OH is 1. The normalized spacial score (nSPS) is 18.2. The van der Waals surface area contributed by atoms with Crippen molar-refractivity contribution in [1.82, 2.24) is 4.90 Å². The summed E-state index contributed by atoms with van der Waals surface area (Å²) >= 11 is 0. The van der Waals surface area contributed by atoms with Gasteiger partial charge in [-0.05, 0) is 31.4 Å². The van der Waals surface area contributed by atoms with Crippen LogP contribution < -0.4 is 0 Å². The zero-order chi connectivity index (χ0) is 23.6. The number of hydrogen-bond acceptors (Lipinski definition) is 9. The number of carbonyl (C=O) groups is 5. The van der Waals surface area contributed by atoms with Gasteiger partial charge in [0, 0.05) is 20.0 Å². The molecule has 0 spiro atoms. The molecule has 1 saturated heterocycles. The molecule has 1 aliphatic rings. The van der Waals surface area contributed by atoms with Crippen LogP contribution >= 0.6 is 0 Å². The first kappa shape index (κ1) is 26.4. The highest BCUT2D eigenvalue weighted by molar-refractivity contribution is 6.04.